The number of nitrogens with one attached hydrogen (secondary N) is 1. The summed E-state index contributed by atoms with van der Waals surface area (Å²) in [5.41, 5.74) is 1.47. The maximum Gasteiger partial charge on any atom is 0.201 e. The highest BCUT2D eigenvalue weighted by Gasteiger charge is 2.11. The number of allylic oxidation sites excluding steroid dienone is 1. The van der Waals surface area contributed by atoms with Crippen molar-refractivity contribution in [3.8, 4) is 0 Å². The van der Waals surface area contributed by atoms with Gasteiger partial charge in [0.2, 0.25) is 5.29 Å². The van der Waals surface area contributed by atoms with Crippen LogP contribution in [0.2, 0.25) is 0 Å². The number of aliphatic imine (C=N–C) groups is 2. The van der Waals surface area contributed by atoms with Crippen LogP contribution in [-0.4, -0.2) is 26.8 Å². The van der Waals surface area contributed by atoms with Gasteiger partial charge >= 0.3 is 0 Å². The fourth-order valence-corrected chi connectivity index (χ4v) is 3.18. The van der Waals surface area contributed by atoms with Crippen molar-refractivity contribution < 1.29 is 4.21 Å². The second kappa shape index (κ2) is 9.88. The molecule has 0 aliphatic carbocycles. The van der Waals surface area contributed by atoms with Crippen LogP contribution in [0.4, 0.5) is 5.69 Å². The Morgan fingerprint density at radius 2 is 2.18 bits per heavy atom. The van der Waals surface area contributed by atoms with Gasteiger partial charge in [0.25, 0.3) is 0 Å². The molecule has 1 N–H and O–H groups in total. The smallest absolute Gasteiger partial charge is 0.201 e. The van der Waals surface area contributed by atoms with Gasteiger partial charge in [-0.2, -0.15) is 0 Å². The molecular weight excluding hydrogens is 337 g/mol. The minimum absolute atomic E-state index is 0.203. The highest BCUT2D eigenvalue weighted by Crippen LogP contribution is 2.12. The summed E-state index contributed by atoms with van der Waals surface area (Å²) in [5.74, 6) is 1.26. The van der Waals surface area contributed by atoms with Gasteiger partial charge in [-0.15, -0.1) is 9.24 Å². The van der Waals surface area contributed by atoms with Gasteiger partial charge in [-0.05, 0) is 35.5 Å². The maximum absolute atomic E-state index is 12.0. The van der Waals surface area contributed by atoms with Crippen LogP contribution in [0.5, 0.6) is 0 Å². The van der Waals surface area contributed by atoms with Gasteiger partial charge < -0.3 is 5.32 Å². The van der Waals surface area contributed by atoms with Crippen LogP contribution in [0.15, 0.2) is 46.5 Å². The number of rotatable bonds is 1. The Bertz CT molecular complexity index is 617. The van der Waals surface area contributed by atoms with Crippen LogP contribution in [-0.2, 0) is 10.8 Å². The predicted molar refractivity (Wildman–Crippen MR) is 102 cm³/mol. The van der Waals surface area contributed by atoms with Gasteiger partial charge in [0.05, 0.1) is 11.4 Å². The number of amidine groups is 2. The van der Waals surface area contributed by atoms with E-state index in [9.17, 15) is 4.21 Å². The van der Waals surface area contributed by atoms with Crippen molar-refractivity contribution in [3.63, 3.8) is 0 Å². The molecule has 120 valence electrons. The monoisotopic (exact) mass is 357 g/mol. The zero-order valence-electron chi connectivity index (χ0n) is 12.8. The van der Waals surface area contributed by atoms with E-state index in [1.165, 1.54) is 0 Å². The van der Waals surface area contributed by atoms with Gasteiger partial charge in [-0.1, -0.05) is 32.6 Å². The normalized spacial score (nSPS) is 20.7. The number of benzene rings is 1. The largest absolute Gasteiger partial charge is 0.335 e. The molecule has 2 unspecified atom stereocenters. The Hall–Kier alpha value is -1.03. The molecule has 2 atom stereocenters. The molecule has 0 bridgehead atoms. The second-order valence-electron chi connectivity index (χ2n) is 4.29. The molecule has 2 rings (SSSR count). The third-order valence-corrected chi connectivity index (χ3v) is 4.33. The molecule has 7 heteroatoms. The molecule has 1 heterocycles. The van der Waals surface area contributed by atoms with E-state index in [1.54, 1.807) is 0 Å². The third-order valence-electron chi connectivity index (χ3n) is 2.56. The van der Waals surface area contributed by atoms with Gasteiger partial charge in [0.15, 0.2) is 0 Å². The summed E-state index contributed by atoms with van der Waals surface area (Å²) in [5, 5.41) is 4.10. The molecule has 22 heavy (non-hydrogen) atoms. The average Bonchev–Trinajstić information content (AvgIpc) is 2.51. The first-order valence-electron chi connectivity index (χ1n) is 7.00. The molecule has 0 radical (unpaired) electrons. The fraction of sp³-hybridized carbons (Fsp3) is 0.333. The standard InChI is InChI=1S/C13H15ClN3OPS.C2H6/c1-9-5-6-20(18)8-12(17-13(14)15-9)16-10-3-2-4-11(19)7-10;1-2/h2-4,7H,1,5-6,8,19H2,(H,15,16,17);1-2H3. The summed E-state index contributed by atoms with van der Waals surface area (Å²) in [6.07, 6.45) is 0.604. The molecule has 0 saturated heterocycles. The summed E-state index contributed by atoms with van der Waals surface area (Å²) in [6.45, 7) is 7.81. The first-order valence-corrected chi connectivity index (χ1v) is 9.44. The Kier molecular flexibility index (Phi) is 8.54. The zero-order chi connectivity index (χ0) is 16.5. The van der Waals surface area contributed by atoms with E-state index in [2.05, 4.69) is 31.1 Å². The summed E-state index contributed by atoms with van der Waals surface area (Å²) in [7, 11) is 1.58. The molecule has 0 fully saturated rings. The van der Waals surface area contributed by atoms with E-state index in [0.717, 1.165) is 11.0 Å². The van der Waals surface area contributed by atoms with Crippen molar-refractivity contribution in [1.82, 2.24) is 5.32 Å². The van der Waals surface area contributed by atoms with Crippen LogP contribution in [0.3, 0.4) is 0 Å². The van der Waals surface area contributed by atoms with Crippen molar-refractivity contribution in [2.45, 2.75) is 20.3 Å². The molecule has 1 aromatic rings. The van der Waals surface area contributed by atoms with Crippen LogP contribution < -0.4 is 10.6 Å². The predicted octanol–water partition coefficient (Wildman–Crippen LogP) is 3.09. The topological polar surface area (TPSA) is 53.8 Å². The van der Waals surface area contributed by atoms with Crippen molar-refractivity contribution in [1.29, 1.82) is 0 Å². The lowest BCUT2D eigenvalue weighted by atomic mass is 10.3. The van der Waals surface area contributed by atoms with Crippen molar-refractivity contribution in [2.75, 3.05) is 11.5 Å². The van der Waals surface area contributed by atoms with Gasteiger partial charge in [-0.25, -0.2) is 9.98 Å². The Balaban J connectivity index is 0.00000116. The first-order chi connectivity index (χ1) is 10.5. The van der Waals surface area contributed by atoms with E-state index in [1.807, 2.05) is 38.1 Å². The second-order valence-corrected chi connectivity index (χ2v) is 6.89. The molecule has 0 saturated carbocycles. The lowest BCUT2D eigenvalue weighted by Gasteiger charge is -2.03. The van der Waals surface area contributed by atoms with Gasteiger partial charge in [0.1, 0.15) is 5.84 Å². The van der Waals surface area contributed by atoms with E-state index in [-0.39, 0.29) is 11.0 Å². The first kappa shape index (κ1) is 19.0. The molecule has 4 nitrogen and oxygen atoms in total. The highest BCUT2D eigenvalue weighted by atomic mass is 35.5. The fourth-order valence-electron chi connectivity index (χ4n) is 1.64. The Morgan fingerprint density at radius 3 is 2.86 bits per heavy atom. The summed E-state index contributed by atoms with van der Waals surface area (Å²) < 4.78 is 12.0. The van der Waals surface area contributed by atoms with E-state index >= 15 is 0 Å². The lowest BCUT2D eigenvalue weighted by molar-refractivity contribution is 0.684. The number of hydrogen-bond acceptors (Lipinski definition) is 3. The number of halogens is 1. The van der Waals surface area contributed by atoms with E-state index < -0.39 is 10.8 Å². The molecule has 1 aliphatic rings. The lowest BCUT2D eigenvalue weighted by Crippen LogP contribution is -2.18. The van der Waals surface area contributed by atoms with Crippen molar-refractivity contribution in [2.24, 2.45) is 9.98 Å². The Morgan fingerprint density at radius 1 is 1.45 bits per heavy atom. The number of nitrogens with zero attached hydrogens (tertiary/aromatic N) is 2. The third kappa shape index (κ3) is 6.82. The van der Waals surface area contributed by atoms with Crippen molar-refractivity contribution in [3.05, 3.63) is 36.5 Å². The van der Waals surface area contributed by atoms with Crippen molar-refractivity contribution >= 4 is 53.8 Å². The SMILES string of the molecule is C=C1CCS(=O)CC(=Nc2cccc(P)c2)N=C(Cl)N1.CC. The highest BCUT2D eigenvalue weighted by molar-refractivity contribution is 7.85. The molecule has 1 aromatic carbocycles. The summed E-state index contributed by atoms with van der Waals surface area (Å²) in [4.78, 5) is 8.60. The molecule has 0 amide bonds. The molecule has 0 aromatic heterocycles. The summed E-state index contributed by atoms with van der Waals surface area (Å²) >= 11 is 6.00. The van der Waals surface area contributed by atoms with Gasteiger partial charge in [0, 0.05) is 22.2 Å². The van der Waals surface area contributed by atoms with Crippen LogP contribution in [0, 0.1) is 0 Å². The quantitative estimate of drug-likeness (QED) is 0.620. The molecular formula is C15H21ClN3OPS. The van der Waals surface area contributed by atoms with Gasteiger partial charge in [-0.3, -0.25) is 4.21 Å². The Labute approximate surface area is 141 Å². The molecule has 0 spiro atoms. The van der Waals surface area contributed by atoms with E-state index in [4.69, 9.17) is 11.6 Å². The molecule has 1 aliphatic heterocycles. The number of hydrogen-bond donors (Lipinski definition) is 1. The maximum atomic E-state index is 12.0. The van der Waals surface area contributed by atoms with Crippen LogP contribution >= 0.6 is 20.8 Å². The average molecular weight is 358 g/mol. The minimum atomic E-state index is -1.03. The van der Waals surface area contributed by atoms with Crippen LogP contribution in [0.1, 0.15) is 20.3 Å². The van der Waals surface area contributed by atoms with Crippen LogP contribution in [0.25, 0.3) is 0 Å². The van der Waals surface area contributed by atoms with E-state index in [0.29, 0.717) is 23.7 Å². The minimum Gasteiger partial charge on any atom is -0.335 e. The summed E-state index contributed by atoms with van der Waals surface area (Å²) in [6, 6.07) is 7.63. The zero-order valence-corrected chi connectivity index (χ0v) is 15.5.